The second-order valence-electron chi connectivity index (χ2n) is 5.63. The van der Waals surface area contributed by atoms with Gasteiger partial charge in [-0.15, -0.1) is 0 Å². The quantitative estimate of drug-likeness (QED) is 0.575. The highest BCUT2D eigenvalue weighted by Crippen LogP contribution is 2.32. The molecule has 0 spiro atoms. The molecule has 0 aliphatic heterocycles. The van der Waals surface area contributed by atoms with Crippen LogP contribution in [0.15, 0.2) is 40.9 Å². The fourth-order valence-electron chi connectivity index (χ4n) is 2.53. The van der Waals surface area contributed by atoms with E-state index in [1.54, 1.807) is 58.8 Å². The Bertz CT molecular complexity index is 978. The van der Waals surface area contributed by atoms with Crippen molar-refractivity contribution in [1.29, 1.82) is 0 Å². The third-order valence-corrected chi connectivity index (χ3v) is 4.21. The van der Waals surface area contributed by atoms with Crippen LogP contribution in [0.25, 0.3) is 22.5 Å². The minimum atomic E-state index is 0.188. The van der Waals surface area contributed by atoms with Gasteiger partial charge < -0.3 is 23.5 Å². The fourth-order valence-corrected chi connectivity index (χ4v) is 2.74. The molecule has 0 atom stereocenters. The molecule has 0 fully saturated rings. The van der Waals surface area contributed by atoms with Crippen LogP contribution in [-0.4, -0.2) is 38.6 Å². The predicted octanol–water partition coefficient (Wildman–Crippen LogP) is 4.51. The summed E-state index contributed by atoms with van der Waals surface area (Å²) in [6.45, 7) is 0. The number of halogens is 1. The molecule has 0 radical (unpaired) electrons. The maximum Gasteiger partial charge on any atom is 0.269 e. The first kappa shape index (κ1) is 19.6. The molecule has 0 N–H and O–H groups in total. The molecule has 7 nitrogen and oxygen atoms in total. The summed E-state index contributed by atoms with van der Waals surface area (Å²) in [6.07, 6.45) is 1.69. The molecule has 3 rings (SSSR count). The summed E-state index contributed by atoms with van der Waals surface area (Å²) in [5.41, 5.74) is 1.48. The average Bonchev–Trinajstić information content (AvgIpc) is 3.23. The molecule has 0 amide bonds. The van der Waals surface area contributed by atoms with Crippen LogP contribution in [0.4, 0.5) is 0 Å². The average molecular weight is 403 g/mol. The predicted molar refractivity (Wildman–Crippen MR) is 106 cm³/mol. The Hall–Kier alpha value is -3.19. The van der Waals surface area contributed by atoms with Crippen molar-refractivity contribution in [1.82, 2.24) is 10.1 Å². The molecular weight excluding hydrogens is 384 g/mol. The van der Waals surface area contributed by atoms with Gasteiger partial charge in [0.2, 0.25) is 5.82 Å². The van der Waals surface area contributed by atoms with E-state index in [1.807, 2.05) is 12.1 Å². The molecule has 2 aromatic carbocycles. The summed E-state index contributed by atoms with van der Waals surface area (Å²) in [6, 6.07) is 10.7. The van der Waals surface area contributed by atoms with Crippen molar-refractivity contribution in [3.05, 3.63) is 47.9 Å². The Morgan fingerprint density at radius 3 is 2.18 bits per heavy atom. The normalized spacial score (nSPS) is 11.2. The van der Waals surface area contributed by atoms with E-state index in [9.17, 15) is 0 Å². The van der Waals surface area contributed by atoms with E-state index < -0.39 is 0 Å². The molecule has 0 bridgehead atoms. The molecule has 0 saturated heterocycles. The van der Waals surface area contributed by atoms with Gasteiger partial charge in [0.1, 0.15) is 16.5 Å². The first-order chi connectivity index (χ1) is 13.6. The van der Waals surface area contributed by atoms with Gasteiger partial charge in [0.15, 0.2) is 11.5 Å². The third-order valence-electron chi connectivity index (χ3n) is 3.94. The minimum Gasteiger partial charge on any atom is -0.497 e. The number of rotatable bonds is 7. The van der Waals surface area contributed by atoms with Gasteiger partial charge >= 0.3 is 0 Å². The second-order valence-corrected chi connectivity index (χ2v) is 6.04. The summed E-state index contributed by atoms with van der Waals surface area (Å²) < 4.78 is 26.4. The van der Waals surface area contributed by atoms with Crippen molar-refractivity contribution < 1.29 is 23.5 Å². The molecule has 8 heteroatoms. The van der Waals surface area contributed by atoms with Gasteiger partial charge in [-0.05, 0) is 42.0 Å². The zero-order valence-electron chi connectivity index (χ0n) is 15.9. The number of ether oxygens (including phenoxy) is 4. The summed E-state index contributed by atoms with van der Waals surface area (Å²) in [4.78, 5) is 4.36. The summed E-state index contributed by atoms with van der Waals surface area (Å²) in [7, 11) is 6.29. The molecule has 146 valence electrons. The van der Waals surface area contributed by atoms with Gasteiger partial charge in [-0.2, -0.15) is 4.98 Å². The number of nitrogens with zero attached hydrogens (tertiary/aromatic N) is 2. The smallest absolute Gasteiger partial charge is 0.269 e. The molecule has 1 heterocycles. The van der Waals surface area contributed by atoms with Crippen LogP contribution in [-0.2, 0) is 0 Å². The standard InChI is InChI=1S/C20H19ClN2O5/c1-24-14-7-12(8-15(11-14)25-2)9-16(21)20-22-19(23-28-20)13-5-6-17(26-3)18(10-13)27-4/h5-11H,1-4H3/b16-9-. The third kappa shape index (κ3) is 4.20. The van der Waals surface area contributed by atoms with E-state index in [0.29, 0.717) is 34.4 Å². The van der Waals surface area contributed by atoms with Crippen LogP contribution in [0.1, 0.15) is 11.5 Å². The van der Waals surface area contributed by atoms with E-state index >= 15 is 0 Å². The fraction of sp³-hybridized carbons (Fsp3) is 0.200. The molecule has 28 heavy (non-hydrogen) atoms. The maximum absolute atomic E-state index is 6.38. The Morgan fingerprint density at radius 2 is 1.57 bits per heavy atom. The van der Waals surface area contributed by atoms with Gasteiger partial charge in [-0.25, -0.2) is 0 Å². The van der Waals surface area contributed by atoms with Gasteiger partial charge in [0.25, 0.3) is 5.89 Å². The molecule has 3 aromatic rings. The van der Waals surface area contributed by atoms with Crippen molar-refractivity contribution >= 4 is 22.7 Å². The Kier molecular flexibility index (Phi) is 6.06. The lowest BCUT2D eigenvalue weighted by molar-refractivity contribution is 0.355. The lowest BCUT2D eigenvalue weighted by Gasteiger charge is -2.07. The summed E-state index contributed by atoms with van der Waals surface area (Å²) in [5.74, 6) is 3.04. The van der Waals surface area contributed by atoms with Crippen LogP contribution >= 0.6 is 11.6 Å². The SMILES string of the molecule is COc1cc(/C=C(\Cl)c2nc(-c3ccc(OC)c(OC)c3)no2)cc(OC)c1. The monoisotopic (exact) mass is 402 g/mol. The minimum absolute atomic E-state index is 0.188. The van der Waals surface area contributed by atoms with E-state index in [-0.39, 0.29) is 10.9 Å². The number of aromatic nitrogens is 2. The summed E-state index contributed by atoms with van der Waals surface area (Å²) >= 11 is 6.38. The van der Waals surface area contributed by atoms with Crippen molar-refractivity contribution in [3.63, 3.8) is 0 Å². The van der Waals surface area contributed by atoms with Gasteiger partial charge in [-0.3, -0.25) is 0 Å². The lowest BCUT2D eigenvalue weighted by Crippen LogP contribution is -1.91. The van der Waals surface area contributed by atoms with Crippen molar-refractivity contribution in [2.24, 2.45) is 0 Å². The highest BCUT2D eigenvalue weighted by molar-refractivity contribution is 6.50. The van der Waals surface area contributed by atoms with Crippen molar-refractivity contribution in [3.8, 4) is 34.4 Å². The highest BCUT2D eigenvalue weighted by atomic mass is 35.5. The molecule has 0 aliphatic rings. The number of methoxy groups -OCH3 is 4. The maximum atomic E-state index is 6.38. The summed E-state index contributed by atoms with van der Waals surface area (Å²) in [5, 5.41) is 4.28. The number of benzene rings is 2. The Morgan fingerprint density at radius 1 is 0.893 bits per heavy atom. The Labute approximate surface area is 167 Å². The highest BCUT2D eigenvalue weighted by Gasteiger charge is 2.14. The lowest BCUT2D eigenvalue weighted by atomic mass is 10.2. The number of hydrogen-bond donors (Lipinski definition) is 0. The largest absolute Gasteiger partial charge is 0.497 e. The van der Waals surface area contributed by atoms with E-state index in [4.69, 9.17) is 35.1 Å². The molecule has 0 unspecified atom stereocenters. The van der Waals surface area contributed by atoms with E-state index in [0.717, 1.165) is 5.56 Å². The molecule has 0 saturated carbocycles. The zero-order chi connectivity index (χ0) is 20.1. The van der Waals surface area contributed by atoms with Gasteiger partial charge in [-0.1, -0.05) is 16.8 Å². The van der Waals surface area contributed by atoms with Crippen molar-refractivity contribution in [2.75, 3.05) is 28.4 Å². The van der Waals surface area contributed by atoms with Crippen LogP contribution in [0.2, 0.25) is 0 Å². The topological polar surface area (TPSA) is 75.8 Å². The van der Waals surface area contributed by atoms with Crippen molar-refractivity contribution in [2.45, 2.75) is 0 Å². The van der Waals surface area contributed by atoms with Gasteiger partial charge in [0, 0.05) is 11.6 Å². The second kappa shape index (κ2) is 8.67. The van der Waals surface area contributed by atoms with Crippen LogP contribution in [0.5, 0.6) is 23.0 Å². The molecule has 1 aromatic heterocycles. The molecular formula is C20H19ClN2O5. The number of hydrogen-bond acceptors (Lipinski definition) is 7. The zero-order valence-corrected chi connectivity index (χ0v) is 16.6. The van der Waals surface area contributed by atoms with Gasteiger partial charge in [0.05, 0.1) is 28.4 Å². The first-order valence-electron chi connectivity index (χ1n) is 8.24. The first-order valence-corrected chi connectivity index (χ1v) is 8.62. The Balaban J connectivity index is 1.90. The van der Waals surface area contributed by atoms with Crippen LogP contribution in [0.3, 0.4) is 0 Å². The van der Waals surface area contributed by atoms with Crippen LogP contribution < -0.4 is 18.9 Å². The van der Waals surface area contributed by atoms with Crippen LogP contribution in [0, 0.1) is 0 Å². The molecule has 0 aliphatic carbocycles. The van der Waals surface area contributed by atoms with E-state index in [1.165, 1.54) is 0 Å². The van der Waals surface area contributed by atoms with E-state index in [2.05, 4.69) is 10.1 Å².